The zero-order chi connectivity index (χ0) is 19.5. The van der Waals surface area contributed by atoms with E-state index in [1.165, 1.54) is 6.92 Å². The van der Waals surface area contributed by atoms with Crippen molar-refractivity contribution in [2.75, 3.05) is 26.2 Å². The summed E-state index contributed by atoms with van der Waals surface area (Å²) in [6.07, 6.45) is 3.49. The molecule has 1 aliphatic rings. The molecule has 0 spiro atoms. The van der Waals surface area contributed by atoms with E-state index in [4.69, 9.17) is 9.26 Å². The summed E-state index contributed by atoms with van der Waals surface area (Å²) in [5.74, 6) is 1.01. The molecular formula is C20H20N4O4. The first-order valence-electron chi connectivity index (χ1n) is 9.08. The van der Waals surface area contributed by atoms with E-state index < -0.39 is 0 Å². The van der Waals surface area contributed by atoms with Gasteiger partial charge in [0.05, 0.1) is 0 Å². The summed E-state index contributed by atoms with van der Waals surface area (Å²) in [5, 5.41) is 5.82. The molecule has 1 aromatic carbocycles. The highest BCUT2D eigenvalue weighted by Crippen LogP contribution is 2.25. The summed E-state index contributed by atoms with van der Waals surface area (Å²) < 4.78 is 11.1. The average molecular weight is 380 g/mol. The molecule has 3 aromatic rings. The minimum absolute atomic E-state index is 0.0252. The molecule has 0 radical (unpaired) electrons. The number of benzene rings is 1. The molecule has 0 atom stereocenters. The Labute approximate surface area is 161 Å². The standard InChI is InChI=1S/C20H20N4O4/c1-14(25)23-7-9-24(10-8-23)20(26)18-11-16(28-22-18)13-27-19-4-2-3-15-12-21-6-5-17(15)19/h2-6,11-12H,7-10,13H2,1H3. The van der Waals surface area contributed by atoms with Crippen molar-refractivity contribution in [2.45, 2.75) is 13.5 Å². The van der Waals surface area contributed by atoms with Gasteiger partial charge in [-0.2, -0.15) is 0 Å². The van der Waals surface area contributed by atoms with Crippen molar-refractivity contribution >= 4 is 22.6 Å². The van der Waals surface area contributed by atoms with Crippen molar-refractivity contribution in [3.05, 3.63) is 54.2 Å². The third-order valence-corrected chi connectivity index (χ3v) is 4.80. The summed E-state index contributed by atoms with van der Waals surface area (Å²) in [7, 11) is 0. The van der Waals surface area contributed by atoms with E-state index in [2.05, 4.69) is 10.1 Å². The van der Waals surface area contributed by atoms with Gasteiger partial charge in [0, 0.05) is 62.3 Å². The predicted octanol–water partition coefficient (Wildman–Crippen LogP) is 2.11. The van der Waals surface area contributed by atoms with Crippen molar-refractivity contribution in [3.63, 3.8) is 0 Å². The first-order chi connectivity index (χ1) is 13.6. The second-order valence-electron chi connectivity index (χ2n) is 6.62. The van der Waals surface area contributed by atoms with Crippen LogP contribution >= 0.6 is 0 Å². The number of piperazine rings is 1. The normalized spacial score (nSPS) is 14.3. The lowest BCUT2D eigenvalue weighted by molar-refractivity contribution is -0.130. The number of carbonyl (C=O) groups is 2. The number of rotatable bonds is 4. The molecule has 144 valence electrons. The minimum atomic E-state index is -0.200. The number of aromatic nitrogens is 2. The van der Waals surface area contributed by atoms with E-state index >= 15 is 0 Å². The number of pyridine rings is 1. The number of nitrogens with zero attached hydrogens (tertiary/aromatic N) is 4. The van der Waals surface area contributed by atoms with Gasteiger partial charge in [0.25, 0.3) is 5.91 Å². The van der Waals surface area contributed by atoms with Crippen LogP contribution in [0.5, 0.6) is 5.75 Å². The molecule has 0 N–H and O–H groups in total. The summed E-state index contributed by atoms with van der Waals surface area (Å²) >= 11 is 0. The fourth-order valence-corrected chi connectivity index (χ4v) is 3.24. The van der Waals surface area contributed by atoms with Gasteiger partial charge in [-0.1, -0.05) is 17.3 Å². The van der Waals surface area contributed by atoms with E-state index in [1.54, 1.807) is 28.3 Å². The number of hydrogen-bond acceptors (Lipinski definition) is 6. The van der Waals surface area contributed by atoms with Gasteiger partial charge in [-0.25, -0.2) is 0 Å². The Morgan fingerprint density at radius 3 is 2.71 bits per heavy atom. The number of fused-ring (bicyclic) bond motifs is 1. The van der Waals surface area contributed by atoms with Crippen LogP contribution in [0.4, 0.5) is 0 Å². The average Bonchev–Trinajstić information content (AvgIpc) is 3.21. The molecule has 28 heavy (non-hydrogen) atoms. The maximum absolute atomic E-state index is 12.6. The van der Waals surface area contributed by atoms with Crippen molar-refractivity contribution in [1.82, 2.24) is 19.9 Å². The quantitative estimate of drug-likeness (QED) is 0.689. The van der Waals surface area contributed by atoms with Gasteiger partial charge in [-0.05, 0) is 12.1 Å². The summed E-state index contributed by atoms with van der Waals surface area (Å²) in [6, 6.07) is 9.23. The molecule has 0 saturated carbocycles. The maximum Gasteiger partial charge on any atom is 0.276 e. The number of hydrogen-bond donors (Lipinski definition) is 0. The number of amides is 2. The van der Waals surface area contributed by atoms with Gasteiger partial charge in [-0.15, -0.1) is 0 Å². The van der Waals surface area contributed by atoms with E-state index in [9.17, 15) is 9.59 Å². The van der Waals surface area contributed by atoms with Crippen LogP contribution in [0.1, 0.15) is 23.2 Å². The molecule has 8 nitrogen and oxygen atoms in total. The smallest absolute Gasteiger partial charge is 0.276 e. The Morgan fingerprint density at radius 2 is 1.93 bits per heavy atom. The monoisotopic (exact) mass is 380 g/mol. The van der Waals surface area contributed by atoms with E-state index in [0.717, 1.165) is 10.8 Å². The lowest BCUT2D eigenvalue weighted by Crippen LogP contribution is -2.50. The summed E-state index contributed by atoms with van der Waals surface area (Å²) in [4.78, 5) is 31.5. The van der Waals surface area contributed by atoms with Crippen LogP contribution in [0, 0.1) is 0 Å². The topological polar surface area (TPSA) is 88.8 Å². The molecule has 2 amide bonds. The SMILES string of the molecule is CC(=O)N1CCN(C(=O)c2cc(COc3cccc4cnccc34)on2)CC1. The van der Waals surface area contributed by atoms with Crippen molar-refractivity contribution in [1.29, 1.82) is 0 Å². The fourth-order valence-electron chi connectivity index (χ4n) is 3.24. The second kappa shape index (κ2) is 7.67. The van der Waals surface area contributed by atoms with Gasteiger partial charge in [0.1, 0.15) is 12.4 Å². The Kier molecular flexibility index (Phi) is 4.92. The van der Waals surface area contributed by atoms with Crippen LogP contribution in [0.15, 0.2) is 47.2 Å². The van der Waals surface area contributed by atoms with Gasteiger partial charge >= 0.3 is 0 Å². The first-order valence-corrected chi connectivity index (χ1v) is 9.08. The molecule has 1 saturated heterocycles. The molecule has 2 aromatic heterocycles. The minimum Gasteiger partial charge on any atom is -0.485 e. The van der Waals surface area contributed by atoms with E-state index in [-0.39, 0.29) is 24.1 Å². The molecule has 0 unspecified atom stereocenters. The highest BCUT2D eigenvalue weighted by Gasteiger charge is 2.25. The third kappa shape index (κ3) is 3.66. The maximum atomic E-state index is 12.6. The molecule has 0 aliphatic carbocycles. The zero-order valence-electron chi connectivity index (χ0n) is 15.5. The van der Waals surface area contributed by atoms with Crippen LogP contribution in [0.25, 0.3) is 10.8 Å². The summed E-state index contributed by atoms with van der Waals surface area (Å²) in [6.45, 7) is 3.74. The number of carbonyl (C=O) groups excluding carboxylic acids is 2. The van der Waals surface area contributed by atoms with Crippen LogP contribution in [0.3, 0.4) is 0 Å². The molecule has 8 heteroatoms. The largest absolute Gasteiger partial charge is 0.485 e. The zero-order valence-corrected chi connectivity index (χ0v) is 15.5. The lowest BCUT2D eigenvalue weighted by atomic mass is 10.1. The molecule has 4 rings (SSSR count). The highest BCUT2D eigenvalue weighted by molar-refractivity contribution is 5.92. The van der Waals surface area contributed by atoms with E-state index in [1.807, 2.05) is 24.3 Å². The molecule has 1 fully saturated rings. The van der Waals surface area contributed by atoms with Gasteiger partial charge in [0.15, 0.2) is 11.5 Å². The Morgan fingerprint density at radius 1 is 1.14 bits per heavy atom. The van der Waals surface area contributed by atoms with Crippen LogP contribution in [0.2, 0.25) is 0 Å². The van der Waals surface area contributed by atoms with Crippen LogP contribution in [-0.2, 0) is 11.4 Å². The fraction of sp³-hybridized carbons (Fsp3) is 0.300. The van der Waals surface area contributed by atoms with Gasteiger partial charge in [0.2, 0.25) is 5.91 Å². The van der Waals surface area contributed by atoms with Crippen molar-refractivity contribution in [2.24, 2.45) is 0 Å². The molecule has 0 bridgehead atoms. The lowest BCUT2D eigenvalue weighted by Gasteiger charge is -2.33. The predicted molar refractivity (Wildman–Crippen MR) is 101 cm³/mol. The Hall–Kier alpha value is -3.42. The molecule has 3 heterocycles. The van der Waals surface area contributed by atoms with E-state index in [0.29, 0.717) is 37.7 Å². The Balaban J connectivity index is 1.39. The number of ether oxygens (including phenoxy) is 1. The summed E-state index contributed by atoms with van der Waals surface area (Å²) in [5.41, 5.74) is 0.247. The van der Waals surface area contributed by atoms with Gasteiger partial charge < -0.3 is 19.1 Å². The molecule has 1 aliphatic heterocycles. The molecular weight excluding hydrogens is 360 g/mol. The van der Waals surface area contributed by atoms with Crippen LogP contribution < -0.4 is 4.74 Å². The third-order valence-electron chi connectivity index (χ3n) is 4.80. The first kappa shape index (κ1) is 18.0. The second-order valence-corrected chi connectivity index (χ2v) is 6.62. The van der Waals surface area contributed by atoms with Crippen molar-refractivity contribution in [3.8, 4) is 5.75 Å². The Bertz CT molecular complexity index is 1000. The van der Waals surface area contributed by atoms with Crippen LogP contribution in [-0.4, -0.2) is 57.9 Å². The highest BCUT2D eigenvalue weighted by atomic mass is 16.5. The van der Waals surface area contributed by atoms with Gasteiger partial charge in [-0.3, -0.25) is 14.6 Å². The van der Waals surface area contributed by atoms with Crippen molar-refractivity contribution < 1.29 is 18.8 Å².